The van der Waals surface area contributed by atoms with Gasteiger partial charge in [-0.15, -0.1) is 0 Å². The van der Waals surface area contributed by atoms with E-state index in [4.69, 9.17) is 11.6 Å². The van der Waals surface area contributed by atoms with Crippen LogP contribution in [0.25, 0.3) is 6.08 Å². The van der Waals surface area contributed by atoms with Gasteiger partial charge in [0.2, 0.25) is 5.91 Å². The van der Waals surface area contributed by atoms with E-state index in [1.54, 1.807) is 6.08 Å². The minimum Gasteiger partial charge on any atom is -0.353 e. The smallest absolute Gasteiger partial charge is 0.243 e. The van der Waals surface area contributed by atoms with E-state index in [2.05, 4.69) is 38.2 Å². The summed E-state index contributed by atoms with van der Waals surface area (Å²) >= 11 is 6.12. The average molecular weight is 356 g/mol. The molecule has 3 heteroatoms. The lowest BCUT2D eigenvalue weighted by Crippen LogP contribution is -2.22. The van der Waals surface area contributed by atoms with Crippen LogP contribution < -0.4 is 5.32 Å². The van der Waals surface area contributed by atoms with Crippen molar-refractivity contribution < 1.29 is 4.79 Å². The number of benzene rings is 2. The first kappa shape index (κ1) is 19.3. The molecule has 0 aromatic heterocycles. The normalized spacial score (nSPS) is 11.7. The van der Waals surface area contributed by atoms with E-state index in [9.17, 15) is 4.79 Å². The standard InChI is InChI=1S/C22H26ClNO/c1-22(2,3)19-13-10-17(11-14-19)12-15-21(25)24-16-6-8-18-7-4-5-9-20(18)23/h4-5,7,9-15H,6,8,16H2,1-3H3,(H,24,25)/b15-12+. The van der Waals surface area contributed by atoms with Crippen LogP contribution in [0.5, 0.6) is 0 Å². The lowest BCUT2D eigenvalue weighted by atomic mass is 9.87. The number of amides is 1. The third kappa shape index (κ3) is 6.39. The summed E-state index contributed by atoms with van der Waals surface area (Å²) in [5.41, 5.74) is 3.57. The Balaban J connectivity index is 1.76. The Hall–Kier alpha value is -2.06. The fraction of sp³-hybridized carbons (Fsp3) is 0.318. The Morgan fingerprint density at radius 2 is 1.76 bits per heavy atom. The van der Waals surface area contributed by atoms with Crippen LogP contribution >= 0.6 is 11.6 Å². The zero-order valence-electron chi connectivity index (χ0n) is 15.2. The van der Waals surface area contributed by atoms with E-state index in [0.717, 1.165) is 29.0 Å². The first-order chi connectivity index (χ1) is 11.9. The SMILES string of the molecule is CC(C)(C)c1ccc(/C=C/C(=O)NCCCc2ccccc2Cl)cc1. The van der Waals surface area contributed by atoms with Crippen molar-refractivity contribution in [1.82, 2.24) is 5.32 Å². The Labute approximate surface area is 155 Å². The van der Waals surface area contributed by atoms with Gasteiger partial charge in [-0.25, -0.2) is 0 Å². The second-order valence-electron chi connectivity index (χ2n) is 7.19. The molecule has 0 radical (unpaired) electrons. The minimum absolute atomic E-state index is 0.0703. The average Bonchev–Trinajstić information content (AvgIpc) is 2.58. The number of carbonyl (C=O) groups is 1. The highest BCUT2D eigenvalue weighted by Crippen LogP contribution is 2.22. The van der Waals surface area contributed by atoms with Crippen molar-refractivity contribution in [2.75, 3.05) is 6.54 Å². The maximum Gasteiger partial charge on any atom is 0.243 e. The van der Waals surface area contributed by atoms with Crippen LogP contribution in [0.4, 0.5) is 0 Å². The Bertz CT molecular complexity index is 726. The highest BCUT2D eigenvalue weighted by atomic mass is 35.5. The van der Waals surface area contributed by atoms with Crippen LogP contribution in [-0.2, 0) is 16.6 Å². The fourth-order valence-corrected chi connectivity index (χ4v) is 2.75. The van der Waals surface area contributed by atoms with E-state index in [0.29, 0.717) is 6.54 Å². The molecule has 0 heterocycles. The van der Waals surface area contributed by atoms with Gasteiger partial charge in [0.1, 0.15) is 0 Å². The summed E-state index contributed by atoms with van der Waals surface area (Å²) in [6, 6.07) is 16.1. The number of nitrogens with one attached hydrogen (secondary N) is 1. The van der Waals surface area contributed by atoms with Crippen LogP contribution in [0.2, 0.25) is 5.02 Å². The second kappa shape index (κ2) is 8.87. The summed E-state index contributed by atoms with van der Waals surface area (Å²) in [5, 5.41) is 3.69. The highest BCUT2D eigenvalue weighted by molar-refractivity contribution is 6.31. The molecule has 1 amide bonds. The van der Waals surface area contributed by atoms with Gasteiger partial charge in [-0.3, -0.25) is 4.79 Å². The minimum atomic E-state index is -0.0703. The van der Waals surface area contributed by atoms with Crippen LogP contribution in [-0.4, -0.2) is 12.5 Å². The van der Waals surface area contributed by atoms with E-state index < -0.39 is 0 Å². The number of carbonyl (C=O) groups excluding carboxylic acids is 1. The molecule has 0 aliphatic rings. The molecule has 132 valence electrons. The molecule has 0 fully saturated rings. The number of rotatable bonds is 6. The number of hydrogen-bond acceptors (Lipinski definition) is 1. The fourth-order valence-electron chi connectivity index (χ4n) is 2.52. The molecular weight excluding hydrogens is 330 g/mol. The molecular formula is C22H26ClNO. The van der Waals surface area contributed by atoms with Gasteiger partial charge >= 0.3 is 0 Å². The lowest BCUT2D eigenvalue weighted by Gasteiger charge is -2.18. The van der Waals surface area contributed by atoms with Crippen molar-refractivity contribution in [2.24, 2.45) is 0 Å². The van der Waals surface area contributed by atoms with E-state index in [1.165, 1.54) is 5.56 Å². The summed E-state index contributed by atoms with van der Waals surface area (Å²) in [7, 11) is 0. The molecule has 2 nitrogen and oxygen atoms in total. The summed E-state index contributed by atoms with van der Waals surface area (Å²) < 4.78 is 0. The molecule has 0 bridgehead atoms. The van der Waals surface area contributed by atoms with Crippen LogP contribution in [0.15, 0.2) is 54.6 Å². The van der Waals surface area contributed by atoms with Gasteiger partial charge < -0.3 is 5.32 Å². The predicted octanol–water partition coefficient (Wildman–Crippen LogP) is 5.40. The maximum atomic E-state index is 11.9. The molecule has 0 saturated carbocycles. The Kier molecular flexibility index (Phi) is 6.83. The van der Waals surface area contributed by atoms with Gasteiger partial charge in [0.05, 0.1) is 0 Å². The van der Waals surface area contributed by atoms with Crippen molar-refractivity contribution in [3.05, 3.63) is 76.3 Å². The van der Waals surface area contributed by atoms with Gasteiger partial charge in [0, 0.05) is 17.6 Å². The molecule has 2 rings (SSSR count). The Morgan fingerprint density at radius 3 is 2.40 bits per heavy atom. The second-order valence-corrected chi connectivity index (χ2v) is 7.60. The van der Waals surface area contributed by atoms with Gasteiger partial charge in [-0.1, -0.05) is 74.8 Å². The Morgan fingerprint density at radius 1 is 1.08 bits per heavy atom. The third-order valence-electron chi connectivity index (χ3n) is 4.08. The molecule has 0 unspecified atom stereocenters. The molecule has 2 aromatic rings. The topological polar surface area (TPSA) is 29.1 Å². The third-order valence-corrected chi connectivity index (χ3v) is 4.45. The van der Waals surface area contributed by atoms with Gasteiger partial charge in [0.25, 0.3) is 0 Å². The van der Waals surface area contributed by atoms with Crippen molar-refractivity contribution >= 4 is 23.6 Å². The van der Waals surface area contributed by atoms with E-state index in [1.807, 2.05) is 42.5 Å². The molecule has 0 aliphatic carbocycles. The highest BCUT2D eigenvalue weighted by Gasteiger charge is 2.12. The monoisotopic (exact) mass is 355 g/mol. The van der Waals surface area contributed by atoms with Crippen LogP contribution in [0.3, 0.4) is 0 Å². The van der Waals surface area contributed by atoms with Crippen LogP contribution in [0, 0.1) is 0 Å². The molecule has 25 heavy (non-hydrogen) atoms. The molecule has 1 N–H and O–H groups in total. The lowest BCUT2D eigenvalue weighted by molar-refractivity contribution is -0.116. The molecule has 0 saturated heterocycles. The van der Waals surface area contributed by atoms with Crippen molar-refractivity contribution in [1.29, 1.82) is 0 Å². The van der Waals surface area contributed by atoms with Gasteiger partial charge in [0.15, 0.2) is 0 Å². The number of aryl methyl sites for hydroxylation is 1. The molecule has 0 atom stereocenters. The van der Waals surface area contributed by atoms with Gasteiger partial charge in [-0.05, 0) is 47.1 Å². The van der Waals surface area contributed by atoms with Crippen molar-refractivity contribution in [3.8, 4) is 0 Å². The van der Waals surface area contributed by atoms with Gasteiger partial charge in [-0.2, -0.15) is 0 Å². The molecule has 0 spiro atoms. The number of halogens is 1. The quantitative estimate of drug-likeness (QED) is 0.545. The first-order valence-electron chi connectivity index (χ1n) is 8.66. The van der Waals surface area contributed by atoms with Crippen molar-refractivity contribution in [2.45, 2.75) is 39.0 Å². The van der Waals surface area contributed by atoms with E-state index >= 15 is 0 Å². The first-order valence-corrected chi connectivity index (χ1v) is 9.04. The summed E-state index contributed by atoms with van der Waals surface area (Å²) in [4.78, 5) is 11.9. The summed E-state index contributed by atoms with van der Waals surface area (Å²) in [6.45, 7) is 7.20. The predicted molar refractivity (Wildman–Crippen MR) is 107 cm³/mol. The maximum absolute atomic E-state index is 11.9. The van der Waals surface area contributed by atoms with Crippen molar-refractivity contribution in [3.63, 3.8) is 0 Å². The summed E-state index contributed by atoms with van der Waals surface area (Å²) in [5.74, 6) is -0.0703. The van der Waals surface area contributed by atoms with Crippen LogP contribution in [0.1, 0.15) is 43.9 Å². The molecule has 0 aliphatic heterocycles. The largest absolute Gasteiger partial charge is 0.353 e. The van der Waals surface area contributed by atoms with E-state index in [-0.39, 0.29) is 11.3 Å². The summed E-state index contributed by atoms with van der Waals surface area (Å²) in [6.07, 6.45) is 5.15. The zero-order chi connectivity index (χ0) is 18.3. The molecule has 2 aromatic carbocycles. The number of hydrogen-bond donors (Lipinski definition) is 1. The zero-order valence-corrected chi connectivity index (χ0v) is 15.9.